The average molecular weight is 289 g/mol. The van der Waals surface area contributed by atoms with Crippen LogP contribution in [0.15, 0.2) is 41.1 Å². The van der Waals surface area contributed by atoms with Crippen molar-refractivity contribution in [3.63, 3.8) is 0 Å². The van der Waals surface area contributed by atoms with Crippen LogP contribution in [0.2, 0.25) is 0 Å². The molecule has 0 N–H and O–H groups in total. The van der Waals surface area contributed by atoms with Gasteiger partial charge in [0.15, 0.2) is 0 Å². The fourth-order valence-corrected chi connectivity index (χ4v) is 2.45. The second-order valence-corrected chi connectivity index (χ2v) is 5.14. The van der Waals surface area contributed by atoms with Gasteiger partial charge in [0.05, 0.1) is 18.2 Å². The van der Waals surface area contributed by atoms with Gasteiger partial charge in [-0.2, -0.15) is 11.3 Å². The number of ether oxygens (including phenoxy) is 1. The summed E-state index contributed by atoms with van der Waals surface area (Å²) in [6.07, 6.45) is 0. The molecule has 0 spiro atoms. The molecule has 0 fully saturated rings. The quantitative estimate of drug-likeness (QED) is 0.813. The maximum atomic E-state index is 12.1. The zero-order valence-electron chi connectivity index (χ0n) is 11.3. The number of hydrogen-bond donors (Lipinski definition) is 0. The van der Waals surface area contributed by atoms with Gasteiger partial charge < -0.3 is 9.64 Å². The molecule has 0 aliphatic carbocycles. The highest BCUT2D eigenvalue weighted by Crippen LogP contribution is 2.12. The molecule has 0 radical (unpaired) electrons. The van der Waals surface area contributed by atoms with Crippen LogP contribution < -0.4 is 0 Å². The van der Waals surface area contributed by atoms with E-state index in [0.717, 1.165) is 5.56 Å². The number of benzene rings is 1. The van der Waals surface area contributed by atoms with E-state index in [4.69, 9.17) is 0 Å². The lowest BCUT2D eigenvalue weighted by atomic mass is 10.1. The van der Waals surface area contributed by atoms with Crippen molar-refractivity contribution in [3.8, 4) is 0 Å². The first-order valence-corrected chi connectivity index (χ1v) is 7.01. The second kappa shape index (κ2) is 6.34. The zero-order valence-corrected chi connectivity index (χ0v) is 12.1. The summed E-state index contributed by atoms with van der Waals surface area (Å²) in [6, 6.07) is 8.85. The summed E-state index contributed by atoms with van der Waals surface area (Å²) in [5.41, 5.74) is 2.16. The average Bonchev–Trinajstić information content (AvgIpc) is 3.00. The van der Waals surface area contributed by atoms with Crippen LogP contribution in [0.1, 0.15) is 26.3 Å². The molecule has 104 valence electrons. The van der Waals surface area contributed by atoms with Crippen LogP contribution in [0.4, 0.5) is 0 Å². The summed E-state index contributed by atoms with van der Waals surface area (Å²) in [7, 11) is 3.11. The molecule has 1 heterocycles. The van der Waals surface area contributed by atoms with Crippen LogP contribution in [0.5, 0.6) is 0 Å². The Kier molecular flexibility index (Phi) is 4.53. The number of thiophene rings is 1. The van der Waals surface area contributed by atoms with Gasteiger partial charge >= 0.3 is 5.97 Å². The van der Waals surface area contributed by atoms with Gasteiger partial charge in [-0.25, -0.2) is 4.79 Å². The SMILES string of the molecule is COC(=O)c1ccc(CN(C)C(=O)c2ccsc2)cc1. The number of esters is 1. The third kappa shape index (κ3) is 3.24. The lowest BCUT2D eigenvalue weighted by molar-refractivity contribution is 0.0600. The van der Waals surface area contributed by atoms with E-state index in [2.05, 4.69) is 4.74 Å². The first-order chi connectivity index (χ1) is 9.61. The molecule has 1 amide bonds. The Labute approximate surface area is 121 Å². The zero-order chi connectivity index (χ0) is 14.5. The summed E-state index contributed by atoms with van der Waals surface area (Å²) in [6.45, 7) is 0.496. The van der Waals surface area contributed by atoms with E-state index in [-0.39, 0.29) is 11.9 Å². The maximum Gasteiger partial charge on any atom is 0.337 e. The lowest BCUT2D eigenvalue weighted by Gasteiger charge is -2.16. The number of rotatable bonds is 4. The van der Waals surface area contributed by atoms with Gasteiger partial charge in [-0.3, -0.25) is 4.79 Å². The van der Waals surface area contributed by atoms with Crippen molar-refractivity contribution in [1.82, 2.24) is 4.90 Å². The van der Waals surface area contributed by atoms with Crippen LogP contribution in [-0.4, -0.2) is 30.9 Å². The Morgan fingerprint density at radius 3 is 2.40 bits per heavy atom. The summed E-state index contributed by atoms with van der Waals surface area (Å²) in [5.74, 6) is -0.373. The number of methoxy groups -OCH3 is 1. The van der Waals surface area contributed by atoms with Crippen molar-refractivity contribution in [3.05, 3.63) is 57.8 Å². The van der Waals surface area contributed by atoms with Crippen LogP contribution in [0.3, 0.4) is 0 Å². The topological polar surface area (TPSA) is 46.6 Å². The standard InChI is InChI=1S/C15H15NO3S/c1-16(14(17)13-7-8-20-10-13)9-11-3-5-12(6-4-11)15(18)19-2/h3-8,10H,9H2,1-2H3. The molecule has 2 aromatic rings. The molecule has 0 saturated carbocycles. The van der Waals surface area contributed by atoms with E-state index in [1.165, 1.54) is 18.4 Å². The molecule has 0 atom stereocenters. The fraction of sp³-hybridized carbons (Fsp3) is 0.200. The van der Waals surface area contributed by atoms with E-state index in [1.807, 2.05) is 29.0 Å². The molecule has 1 aromatic carbocycles. The summed E-state index contributed by atoms with van der Waals surface area (Å²) in [5, 5.41) is 3.71. The number of hydrogen-bond acceptors (Lipinski definition) is 4. The van der Waals surface area contributed by atoms with E-state index >= 15 is 0 Å². The predicted octanol–water partition coefficient (Wildman–Crippen LogP) is 2.81. The number of nitrogens with zero attached hydrogens (tertiary/aromatic N) is 1. The molecular formula is C15H15NO3S. The first kappa shape index (κ1) is 14.3. The smallest absolute Gasteiger partial charge is 0.337 e. The maximum absolute atomic E-state index is 12.1. The van der Waals surface area contributed by atoms with Gasteiger partial charge in [-0.1, -0.05) is 12.1 Å². The third-order valence-electron chi connectivity index (χ3n) is 2.91. The Morgan fingerprint density at radius 2 is 1.85 bits per heavy atom. The molecule has 0 aliphatic rings. The lowest BCUT2D eigenvalue weighted by Crippen LogP contribution is -2.25. The van der Waals surface area contributed by atoms with Crippen molar-refractivity contribution in [2.75, 3.05) is 14.2 Å². The molecule has 0 saturated heterocycles. The van der Waals surface area contributed by atoms with Gasteiger partial charge in [0.2, 0.25) is 0 Å². The second-order valence-electron chi connectivity index (χ2n) is 4.36. The Balaban J connectivity index is 2.03. The van der Waals surface area contributed by atoms with Gasteiger partial charge in [0.25, 0.3) is 5.91 Å². The highest BCUT2D eigenvalue weighted by atomic mass is 32.1. The van der Waals surface area contributed by atoms with Crippen molar-refractivity contribution < 1.29 is 14.3 Å². The van der Waals surface area contributed by atoms with Gasteiger partial charge in [0.1, 0.15) is 0 Å². The van der Waals surface area contributed by atoms with E-state index in [0.29, 0.717) is 17.7 Å². The van der Waals surface area contributed by atoms with Gasteiger partial charge in [-0.15, -0.1) is 0 Å². The van der Waals surface area contributed by atoms with Crippen LogP contribution in [0, 0.1) is 0 Å². The van der Waals surface area contributed by atoms with Crippen LogP contribution in [-0.2, 0) is 11.3 Å². The summed E-state index contributed by atoms with van der Waals surface area (Å²) >= 11 is 1.50. The highest BCUT2D eigenvalue weighted by molar-refractivity contribution is 7.08. The van der Waals surface area contributed by atoms with E-state index < -0.39 is 0 Å². The van der Waals surface area contributed by atoms with Crippen molar-refractivity contribution >= 4 is 23.2 Å². The molecular weight excluding hydrogens is 274 g/mol. The molecule has 2 rings (SSSR count). The van der Waals surface area contributed by atoms with E-state index in [9.17, 15) is 9.59 Å². The van der Waals surface area contributed by atoms with Gasteiger partial charge in [-0.05, 0) is 29.1 Å². The number of carbonyl (C=O) groups excluding carboxylic acids is 2. The molecule has 0 aliphatic heterocycles. The van der Waals surface area contributed by atoms with Crippen molar-refractivity contribution in [2.45, 2.75) is 6.54 Å². The largest absolute Gasteiger partial charge is 0.465 e. The van der Waals surface area contributed by atoms with Crippen LogP contribution >= 0.6 is 11.3 Å². The predicted molar refractivity (Wildman–Crippen MR) is 77.9 cm³/mol. The fourth-order valence-electron chi connectivity index (χ4n) is 1.82. The first-order valence-electron chi connectivity index (χ1n) is 6.06. The molecule has 1 aromatic heterocycles. The molecule has 4 nitrogen and oxygen atoms in total. The van der Waals surface area contributed by atoms with E-state index in [1.54, 1.807) is 24.1 Å². The Bertz CT molecular complexity index is 590. The monoisotopic (exact) mass is 289 g/mol. The molecule has 0 bridgehead atoms. The molecule has 0 unspecified atom stereocenters. The van der Waals surface area contributed by atoms with Crippen LogP contribution in [0.25, 0.3) is 0 Å². The third-order valence-corrected chi connectivity index (χ3v) is 3.59. The summed E-state index contributed by atoms with van der Waals surface area (Å²) < 4.78 is 4.64. The summed E-state index contributed by atoms with van der Waals surface area (Å²) in [4.78, 5) is 25.1. The van der Waals surface area contributed by atoms with Crippen molar-refractivity contribution in [1.29, 1.82) is 0 Å². The minimum atomic E-state index is -0.362. The minimum Gasteiger partial charge on any atom is -0.465 e. The Morgan fingerprint density at radius 1 is 1.15 bits per heavy atom. The highest BCUT2D eigenvalue weighted by Gasteiger charge is 2.12. The molecule has 5 heteroatoms. The molecule has 20 heavy (non-hydrogen) atoms. The number of amides is 1. The van der Waals surface area contributed by atoms with Gasteiger partial charge in [0, 0.05) is 19.0 Å². The Hall–Kier alpha value is -2.14. The minimum absolute atomic E-state index is 0.0108. The van der Waals surface area contributed by atoms with Crippen molar-refractivity contribution in [2.24, 2.45) is 0 Å². The number of carbonyl (C=O) groups is 2. The normalized spacial score (nSPS) is 10.1.